The number of amides is 1. The SMILES string of the molecule is CN(C)[C@@H](CNC(=O)COc1ccc(Cl)cc1)c1cccs1. The van der Waals surface area contributed by atoms with Crippen LogP contribution in [-0.4, -0.2) is 38.1 Å². The van der Waals surface area contributed by atoms with Crippen LogP contribution in [0.1, 0.15) is 10.9 Å². The Labute approximate surface area is 139 Å². The minimum Gasteiger partial charge on any atom is -0.484 e. The molecule has 4 nitrogen and oxygen atoms in total. The summed E-state index contributed by atoms with van der Waals surface area (Å²) in [7, 11) is 4.00. The number of hydrogen-bond acceptors (Lipinski definition) is 4. The summed E-state index contributed by atoms with van der Waals surface area (Å²) in [5.74, 6) is 0.486. The number of likely N-dealkylation sites (N-methyl/N-ethyl adjacent to an activating group) is 1. The summed E-state index contributed by atoms with van der Waals surface area (Å²) >= 11 is 7.48. The van der Waals surface area contributed by atoms with Gasteiger partial charge in [0.15, 0.2) is 6.61 Å². The first kappa shape index (κ1) is 16.8. The van der Waals surface area contributed by atoms with Crippen LogP contribution >= 0.6 is 22.9 Å². The number of thiophene rings is 1. The fourth-order valence-electron chi connectivity index (χ4n) is 1.96. The second-order valence-corrected chi connectivity index (χ2v) is 6.46. The van der Waals surface area contributed by atoms with Crippen molar-refractivity contribution in [3.8, 4) is 5.75 Å². The molecule has 1 amide bonds. The quantitative estimate of drug-likeness (QED) is 0.843. The van der Waals surface area contributed by atoms with Gasteiger partial charge in [-0.05, 0) is 49.8 Å². The Morgan fingerprint density at radius 3 is 2.64 bits per heavy atom. The molecule has 118 valence electrons. The standard InChI is InChI=1S/C16H19ClN2O2S/c1-19(2)14(15-4-3-9-22-15)10-18-16(20)11-21-13-7-5-12(17)6-8-13/h3-9,14H,10-11H2,1-2H3,(H,18,20)/t14-/m0/s1. The van der Waals surface area contributed by atoms with Crippen LogP contribution in [0.25, 0.3) is 0 Å². The zero-order valence-corrected chi connectivity index (χ0v) is 14.2. The van der Waals surface area contributed by atoms with E-state index in [1.54, 1.807) is 35.6 Å². The van der Waals surface area contributed by atoms with Crippen molar-refractivity contribution < 1.29 is 9.53 Å². The van der Waals surface area contributed by atoms with E-state index < -0.39 is 0 Å². The molecule has 22 heavy (non-hydrogen) atoms. The van der Waals surface area contributed by atoms with Gasteiger partial charge in [-0.3, -0.25) is 4.79 Å². The number of ether oxygens (including phenoxy) is 1. The van der Waals surface area contributed by atoms with E-state index >= 15 is 0 Å². The molecule has 1 aromatic carbocycles. The Morgan fingerprint density at radius 2 is 2.05 bits per heavy atom. The predicted octanol–water partition coefficient (Wildman–Crippen LogP) is 3.20. The highest BCUT2D eigenvalue weighted by Gasteiger charge is 2.16. The molecule has 0 aliphatic heterocycles. The minimum atomic E-state index is -0.140. The van der Waals surface area contributed by atoms with Crippen molar-refractivity contribution in [2.75, 3.05) is 27.2 Å². The maximum atomic E-state index is 11.9. The first-order chi connectivity index (χ1) is 10.6. The molecule has 0 unspecified atom stereocenters. The van der Waals surface area contributed by atoms with E-state index in [9.17, 15) is 4.79 Å². The third kappa shape index (κ3) is 5.02. The van der Waals surface area contributed by atoms with Crippen LogP contribution < -0.4 is 10.1 Å². The van der Waals surface area contributed by atoms with Gasteiger partial charge in [0.2, 0.25) is 0 Å². The molecule has 2 rings (SSSR count). The highest BCUT2D eigenvalue weighted by molar-refractivity contribution is 7.10. The van der Waals surface area contributed by atoms with Crippen molar-refractivity contribution in [2.45, 2.75) is 6.04 Å². The van der Waals surface area contributed by atoms with Gasteiger partial charge in [0, 0.05) is 16.4 Å². The second-order valence-electron chi connectivity index (χ2n) is 5.04. The lowest BCUT2D eigenvalue weighted by atomic mass is 10.2. The fourth-order valence-corrected chi connectivity index (χ4v) is 3.01. The summed E-state index contributed by atoms with van der Waals surface area (Å²) in [4.78, 5) is 15.2. The summed E-state index contributed by atoms with van der Waals surface area (Å²) in [5.41, 5.74) is 0. The van der Waals surface area contributed by atoms with Crippen LogP contribution in [0, 0.1) is 0 Å². The smallest absolute Gasteiger partial charge is 0.258 e. The maximum Gasteiger partial charge on any atom is 0.258 e. The van der Waals surface area contributed by atoms with E-state index in [1.165, 1.54) is 4.88 Å². The largest absolute Gasteiger partial charge is 0.484 e. The van der Waals surface area contributed by atoms with Gasteiger partial charge in [-0.25, -0.2) is 0 Å². The molecule has 0 aliphatic rings. The normalized spacial score (nSPS) is 12.2. The van der Waals surface area contributed by atoms with Crippen molar-refractivity contribution in [3.63, 3.8) is 0 Å². The summed E-state index contributed by atoms with van der Waals surface area (Å²) in [6.45, 7) is 0.544. The molecule has 0 saturated carbocycles. The number of nitrogens with one attached hydrogen (secondary N) is 1. The molecule has 2 aromatic rings. The van der Waals surface area contributed by atoms with Gasteiger partial charge in [-0.1, -0.05) is 17.7 Å². The topological polar surface area (TPSA) is 41.6 Å². The molecule has 0 fully saturated rings. The van der Waals surface area contributed by atoms with E-state index in [2.05, 4.69) is 16.3 Å². The number of rotatable bonds is 7. The second kappa shape index (κ2) is 8.17. The number of carbonyl (C=O) groups is 1. The minimum absolute atomic E-state index is 0.00772. The zero-order valence-electron chi connectivity index (χ0n) is 12.6. The molecule has 0 spiro atoms. The molecule has 0 aliphatic carbocycles. The van der Waals surface area contributed by atoms with E-state index in [1.807, 2.05) is 25.5 Å². The molecular formula is C16H19ClN2O2S. The Morgan fingerprint density at radius 1 is 1.32 bits per heavy atom. The molecule has 0 radical (unpaired) electrons. The highest BCUT2D eigenvalue weighted by Crippen LogP contribution is 2.22. The average Bonchev–Trinajstić information content (AvgIpc) is 3.00. The van der Waals surface area contributed by atoms with Gasteiger partial charge in [0.1, 0.15) is 5.75 Å². The Kier molecular flexibility index (Phi) is 6.24. The number of halogens is 1. The highest BCUT2D eigenvalue weighted by atomic mass is 35.5. The maximum absolute atomic E-state index is 11.9. The van der Waals surface area contributed by atoms with Gasteiger partial charge in [-0.2, -0.15) is 0 Å². The third-order valence-corrected chi connectivity index (χ3v) is 4.40. The van der Waals surface area contributed by atoms with Crippen molar-refractivity contribution in [2.24, 2.45) is 0 Å². The lowest BCUT2D eigenvalue weighted by Gasteiger charge is -2.23. The van der Waals surface area contributed by atoms with Gasteiger partial charge < -0.3 is 15.0 Å². The van der Waals surface area contributed by atoms with E-state index in [0.717, 1.165) is 0 Å². The molecule has 1 atom stereocenters. The number of carbonyl (C=O) groups excluding carboxylic acids is 1. The van der Waals surface area contributed by atoms with Gasteiger partial charge in [0.05, 0.1) is 6.04 Å². The van der Waals surface area contributed by atoms with Crippen LogP contribution in [0.4, 0.5) is 0 Å². The Balaban J connectivity index is 1.80. The van der Waals surface area contributed by atoms with Gasteiger partial charge in [0.25, 0.3) is 5.91 Å². The number of nitrogens with zero attached hydrogens (tertiary/aromatic N) is 1. The van der Waals surface area contributed by atoms with E-state index in [4.69, 9.17) is 16.3 Å². The molecule has 1 heterocycles. The summed E-state index contributed by atoms with van der Waals surface area (Å²) < 4.78 is 5.42. The van der Waals surface area contributed by atoms with Crippen LogP contribution in [0.15, 0.2) is 41.8 Å². The lowest BCUT2D eigenvalue weighted by molar-refractivity contribution is -0.123. The number of hydrogen-bond donors (Lipinski definition) is 1. The van der Waals surface area contributed by atoms with Gasteiger partial charge in [-0.15, -0.1) is 11.3 Å². The van der Waals surface area contributed by atoms with Crippen molar-refractivity contribution in [3.05, 3.63) is 51.7 Å². The molecule has 1 N–H and O–H groups in total. The van der Waals surface area contributed by atoms with E-state index in [0.29, 0.717) is 17.3 Å². The van der Waals surface area contributed by atoms with Crippen LogP contribution in [0.5, 0.6) is 5.75 Å². The van der Waals surface area contributed by atoms with Crippen LogP contribution in [0.2, 0.25) is 5.02 Å². The summed E-state index contributed by atoms with van der Waals surface area (Å²) in [6.07, 6.45) is 0. The van der Waals surface area contributed by atoms with Crippen LogP contribution in [-0.2, 0) is 4.79 Å². The average molecular weight is 339 g/mol. The fraction of sp³-hybridized carbons (Fsp3) is 0.312. The van der Waals surface area contributed by atoms with E-state index in [-0.39, 0.29) is 18.6 Å². The monoisotopic (exact) mass is 338 g/mol. The predicted molar refractivity (Wildman–Crippen MR) is 90.7 cm³/mol. The first-order valence-corrected chi connectivity index (χ1v) is 8.17. The Bertz CT molecular complexity index is 585. The Hall–Kier alpha value is -1.56. The van der Waals surface area contributed by atoms with Crippen molar-refractivity contribution in [1.29, 1.82) is 0 Å². The van der Waals surface area contributed by atoms with Gasteiger partial charge >= 0.3 is 0 Å². The molecule has 6 heteroatoms. The molecule has 1 aromatic heterocycles. The van der Waals surface area contributed by atoms with Crippen LogP contribution in [0.3, 0.4) is 0 Å². The lowest BCUT2D eigenvalue weighted by Crippen LogP contribution is -2.36. The first-order valence-electron chi connectivity index (χ1n) is 6.91. The van der Waals surface area contributed by atoms with Crippen molar-refractivity contribution in [1.82, 2.24) is 10.2 Å². The number of benzene rings is 1. The molecule has 0 saturated heterocycles. The summed E-state index contributed by atoms with van der Waals surface area (Å²) in [5, 5.41) is 5.59. The zero-order chi connectivity index (χ0) is 15.9. The summed E-state index contributed by atoms with van der Waals surface area (Å²) in [6, 6.07) is 11.2. The van der Waals surface area contributed by atoms with Crippen molar-refractivity contribution >= 4 is 28.8 Å². The third-order valence-electron chi connectivity index (χ3n) is 3.17. The molecular weight excluding hydrogens is 320 g/mol. The molecule has 0 bridgehead atoms.